The topological polar surface area (TPSA) is 60.1 Å². The Bertz CT molecular complexity index is 1100. The van der Waals surface area contributed by atoms with Crippen molar-refractivity contribution in [1.29, 1.82) is 0 Å². The Labute approximate surface area is 167 Å². The van der Waals surface area contributed by atoms with Gasteiger partial charge >= 0.3 is 0 Å². The molecule has 5 nitrogen and oxygen atoms in total. The number of imidazole rings is 1. The zero-order chi connectivity index (χ0) is 19.5. The van der Waals surface area contributed by atoms with Crippen LogP contribution in [0, 0.1) is 0 Å². The van der Waals surface area contributed by atoms with Crippen molar-refractivity contribution in [1.82, 2.24) is 14.9 Å². The van der Waals surface area contributed by atoms with Crippen molar-refractivity contribution < 1.29 is 9.21 Å². The standard InChI is InChI=1S/C22H21N3O2S/c1-25-13-12-23-21(25)19(15-8-4-3-5-9-15)24-22(26)20-17(14-28-2)16-10-6-7-11-18(16)27-20/h3-13,19H,14H2,1-2H3,(H,24,26)/t19-/m1/s1. The fourth-order valence-corrected chi connectivity index (χ4v) is 3.94. The van der Waals surface area contributed by atoms with Crippen LogP contribution in [0.1, 0.15) is 33.5 Å². The highest BCUT2D eigenvalue weighted by atomic mass is 32.2. The number of amides is 1. The third-order valence-corrected chi connectivity index (χ3v) is 5.30. The number of benzene rings is 2. The number of nitrogens with one attached hydrogen (secondary N) is 1. The van der Waals surface area contributed by atoms with E-state index in [0.717, 1.165) is 27.9 Å². The summed E-state index contributed by atoms with van der Waals surface area (Å²) in [5.74, 6) is 1.60. The molecule has 0 aliphatic rings. The first kappa shape index (κ1) is 18.4. The predicted molar refractivity (Wildman–Crippen MR) is 112 cm³/mol. The monoisotopic (exact) mass is 391 g/mol. The van der Waals surface area contributed by atoms with Gasteiger partial charge in [-0.05, 0) is 17.9 Å². The van der Waals surface area contributed by atoms with E-state index in [1.807, 2.05) is 78.7 Å². The van der Waals surface area contributed by atoms with Crippen LogP contribution in [-0.4, -0.2) is 21.7 Å². The Morgan fingerprint density at radius 2 is 1.93 bits per heavy atom. The van der Waals surface area contributed by atoms with Gasteiger partial charge in [0.1, 0.15) is 17.4 Å². The van der Waals surface area contributed by atoms with Gasteiger partial charge in [-0.25, -0.2) is 4.98 Å². The molecular weight excluding hydrogens is 370 g/mol. The van der Waals surface area contributed by atoms with Crippen molar-refractivity contribution in [3.63, 3.8) is 0 Å². The minimum absolute atomic E-state index is 0.239. The van der Waals surface area contributed by atoms with Crippen LogP contribution < -0.4 is 5.32 Å². The fraction of sp³-hybridized carbons (Fsp3) is 0.182. The maximum Gasteiger partial charge on any atom is 0.288 e. The molecule has 0 radical (unpaired) electrons. The zero-order valence-corrected chi connectivity index (χ0v) is 16.6. The summed E-state index contributed by atoms with van der Waals surface area (Å²) in [6, 6.07) is 17.2. The van der Waals surface area contributed by atoms with E-state index in [4.69, 9.17) is 4.42 Å². The number of hydrogen-bond acceptors (Lipinski definition) is 4. The number of carbonyl (C=O) groups is 1. The second-order valence-corrected chi connectivity index (χ2v) is 7.42. The Balaban J connectivity index is 1.74. The van der Waals surface area contributed by atoms with Gasteiger partial charge in [-0.2, -0.15) is 11.8 Å². The number of aryl methyl sites for hydroxylation is 1. The highest BCUT2D eigenvalue weighted by Crippen LogP contribution is 2.30. The number of hydrogen-bond donors (Lipinski definition) is 1. The third-order valence-electron chi connectivity index (χ3n) is 4.72. The molecule has 142 valence electrons. The van der Waals surface area contributed by atoms with E-state index >= 15 is 0 Å². The number of rotatable bonds is 6. The van der Waals surface area contributed by atoms with Gasteiger partial charge in [-0.1, -0.05) is 48.5 Å². The molecule has 1 atom stereocenters. The number of nitrogens with zero attached hydrogens (tertiary/aromatic N) is 2. The summed E-state index contributed by atoms with van der Waals surface area (Å²) in [5, 5.41) is 4.11. The SMILES string of the molecule is CSCc1c(C(=O)N[C@H](c2ccccc2)c2nccn2C)oc2ccccc12. The largest absolute Gasteiger partial charge is 0.451 e. The lowest BCUT2D eigenvalue weighted by molar-refractivity contribution is 0.0914. The van der Waals surface area contributed by atoms with Crippen molar-refractivity contribution in [2.24, 2.45) is 7.05 Å². The third kappa shape index (κ3) is 3.43. The Kier molecular flexibility index (Phi) is 5.21. The lowest BCUT2D eigenvalue weighted by atomic mass is 10.1. The summed E-state index contributed by atoms with van der Waals surface area (Å²) < 4.78 is 7.86. The van der Waals surface area contributed by atoms with Crippen molar-refractivity contribution >= 4 is 28.6 Å². The number of para-hydroxylation sites is 1. The first-order chi connectivity index (χ1) is 13.7. The number of furan rings is 1. The van der Waals surface area contributed by atoms with Gasteiger partial charge in [0.15, 0.2) is 5.76 Å². The second-order valence-electron chi connectivity index (χ2n) is 6.55. The summed E-state index contributed by atoms with van der Waals surface area (Å²) in [7, 11) is 1.92. The van der Waals surface area contributed by atoms with E-state index in [1.165, 1.54) is 0 Å². The Morgan fingerprint density at radius 3 is 2.64 bits per heavy atom. The molecule has 2 aromatic carbocycles. The number of aromatic nitrogens is 2. The molecule has 0 saturated heterocycles. The van der Waals surface area contributed by atoms with Crippen LogP contribution in [0.4, 0.5) is 0 Å². The van der Waals surface area contributed by atoms with Gasteiger partial charge < -0.3 is 14.3 Å². The molecule has 0 aliphatic carbocycles. The van der Waals surface area contributed by atoms with Crippen molar-refractivity contribution in [2.45, 2.75) is 11.8 Å². The van der Waals surface area contributed by atoms with Crippen LogP contribution in [0.3, 0.4) is 0 Å². The van der Waals surface area contributed by atoms with Crippen molar-refractivity contribution in [3.05, 3.63) is 89.7 Å². The highest BCUT2D eigenvalue weighted by Gasteiger charge is 2.26. The molecule has 0 fully saturated rings. The van der Waals surface area contributed by atoms with Crippen LogP contribution in [0.15, 0.2) is 71.4 Å². The Hall–Kier alpha value is -2.99. The summed E-state index contributed by atoms with van der Waals surface area (Å²) >= 11 is 1.66. The first-order valence-corrected chi connectivity index (χ1v) is 10.4. The van der Waals surface area contributed by atoms with E-state index in [-0.39, 0.29) is 11.9 Å². The lowest BCUT2D eigenvalue weighted by Crippen LogP contribution is -2.31. The lowest BCUT2D eigenvalue weighted by Gasteiger charge is -2.19. The minimum Gasteiger partial charge on any atom is -0.451 e. The second kappa shape index (κ2) is 7.94. The van der Waals surface area contributed by atoms with E-state index in [2.05, 4.69) is 10.3 Å². The molecule has 4 rings (SSSR count). The first-order valence-electron chi connectivity index (χ1n) is 9.01. The molecule has 1 N–H and O–H groups in total. The average molecular weight is 391 g/mol. The predicted octanol–water partition coefficient (Wildman–Crippen LogP) is 4.55. The molecule has 0 saturated carbocycles. The molecule has 0 bridgehead atoms. The molecule has 1 amide bonds. The van der Waals surface area contributed by atoms with Gasteiger partial charge in [-0.3, -0.25) is 4.79 Å². The van der Waals surface area contributed by atoms with Gasteiger partial charge in [0.05, 0.1) is 0 Å². The van der Waals surface area contributed by atoms with Gasteiger partial charge in [-0.15, -0.1) is 0 Å². The number of carbonyl (C=O) groups excluding carboxylic acids is 1. The number of thioether (sulfide) groups is 1. The van der Waals surface area contributed by atoms with Gasteiger partial charge in [0.2, 0.25) is 0 Å². The highest BCUT2D eigenvalue weighted by molar-refractivity contribution is 7.97. The summed E-state index contributed by atoms with van der Waals surface area (Å²) in [5.41, 5.74) is 2.62. The van der Waals surface area contributed by atoms with Crippen LogP contribution in [-0.2, 0) is 12.8 Å². The molecule has 28 heavy (non-hydrogen) atoms. The van der Waals surface area contributed by atoms with Crippen LogP contribution >= 0.6 is 11.8 Å². The molecule has 4 aromatic rings. The van der Waals surface area contributed by atoms with Crippen LogP contribution in [0.2, 0.25) is 0 Å². The summed E-state index contributed by atoms with van der Waals surface area (Å²) in [4.78, 5) is 17.7. The maximum atomic E-state index is 13.2. The molecule has 0 aliphatic heterocycles. The quantitative estimate of drug-likeness (QED) is 0.524. The summed E-state index contributed by atoms with van der Waals surface area (Å²) in [6.45, 7) is 0. The van der Waals surface area contributed by atoms with Crippen LogP contribution in [0.25, 0.3) is 11.0 Å². The minimum atomic E-state index is -0.371. The zero-order valence-electron chi connectivity index (χ0n) is 15.8. The van der Waals surface area contributed by atoms with Crippen LogP contribution in [0.5, 0.6) is 0 Å². The average Bonchev–Trinajstić information content (AvgIpc) is 3.31. The Morgan fingerprint density at radius 1 is 1.18 bits per heavy atom. The normalized spacial score (nSPS) is 12.2. The maximum absolute atomic E-state index is 13.2. The van der Waals surface area contributed by atoms with E-state index in [9.17, 15) is 4.79 Å². The molecule has 0 spiro atoms. The van der Waals surface area contributed by atoms with E-state index < -0.39 is 0 Å². The molecule has 2 heterocycles. The molecule has 6 heteroatoms. The van der Waals surface area contributed by atoms with Crippen molar-refractivity contribution in [3.8, 4) is 0 Å². The van der Waals surface area contributed by atoms with Gasteiger partial charge in [0.25, 0.3) is 5.91 Å². The van der Waals surface area contributed by atoms with Gasteiger partial charge in [0, 0.05) is 36.1 Å². The molecule has 2 aromatic heterocycles. The summed E-state index contributed by atoms with van der Waals surface area (Å²) in [6.07, 6.45) is 5.62. The molecular formula is C22H21N3O2S. The van der Waals surface area contributed by atoms with Crippen molar-refractivity contribution in [2.75, 3.05) is 6.26 Å². The smallest absolute Gasteiger partial charge is 0.288 e. The molecule has 0 unspecified atom stereocenters. The fourth-order valence-electron chi connectivity index (χ4n) is 3.36. The van der Waals surface area contributed by atoms with E-state index in [1.54, 1.807) is 18.0 Å². The number of fused-ring (bicyclic) bond motifs is 1. The van der Waals surface area contributed by atoms with E-state index in [0.29, 0.717) is 11.5 Å².